The van der Waals surface area contributed by atoms with Gasteiger partial charge in [0.15, 0.2) is 0 Å². The lowest BCUT2D eigenvalue weighted by Gasteiger charge is -2.35. The van der Waals surface area contributed by atoms with Gasteiger partial charge in [0.05, 0.1) is 0 Å². The van der Waals surface area contributed by atoms with E-state index in [1.54, 1.807) is 13.0 Å². The molecule has 0 saturated carbocycles. The molecule has 1 fully saturated rings. The fraction of sp³-hybridized carbons (Fsp3) is 0.600. The van der Waals surface area contributed by atoms with Crippen molar-refractivity contribution in [2.75, 3.05) is 20.1 Å². The number of likely N-dealkylation sites (tertiary alicyclic amines) is 1. The van der Waals surface area contributed by atoms with Crippen molar-refractivity contribution < 1.29 is 19.4 Å². The SMILES string of the molecule is CC[C@@H](NC(=O)Oc1cccc(C2(CC)CCCCN(C)C2)c1)C(=O)O. The first-order valence-electron chi connectivity index (χ1n) is 9.40. The van der Waals surface area contributed by atoms with Crippen molar-refractivity contribution in [2.45, 2.75) is 57.4 Å². The number of amides is 1. The summed E-state index contributed by atoms with van der Waals surface area (Å²) < 4.78 is 5.35. The smallest absolute Gasteiger partial charge is 0.413 e. The van der Waals surface area contributed by atoms with Gasteiger partial charge in [-0.05, 0) is 57.0 Å². The minimum atomic E-state index is -1.07. The van der Waals surface area contributed by atoms with Gasteiger partial charge in [-0.15, -0.1) is 0 Å². The predicted molar refractivity (Wildman–Crippen MR) is 101 cm³/mol. The Kier molecular flexibility index (Phi) is 7.03. The normalized spacial score (nSPS) is 22.3. The summed E-state index contributed by atoms with van der Waals surface area (Å²) in [6.07, 6.45) is 4.07. The summed E-state index contributed by atoms with van der Waals surface area (Å²) in [5.41, 5.74) is 1.22. The molecule has 6 nitrogen and oxygen atoms in total. The molecule has 1 saturated heterocycles. The highest BCUT2D eigenvalue weighted by molar-refractivity contribution is 5.80. The number of nitrogens with zero attached hydrogens (tertiary/aromatic N) is 1. The molecule has 0 bridgehead atoms. The third-order valence-corrected chi connectivity index (χ3v) is 5.35. The van der Waals surface area contributed by atoms with E-state index in [9.17, 15) is 9.59 Å². The first kappa shape index (κ1) is 20.2. The highest BCUT2D eigenvalue weighted by atomic mass is 16.6. The zero-order chi connectivity index (χ0) is 19.2. The topological polar surface area (TPSA) is 78.9 Å². The molecule has 2 N–H and O–H groups in total. The number of likely N-dealkylation sites (N-methyl/N-ethyl adjacent to an activating group) is 1. The molecule has 0 spiro atoms. The third kappa shape index (κ3) is 4.97. The molecule has 1 heterocycles. The van der Waals surface area contributed by atoms with Crippen LogP contribution in [0.5, 0.6) is 5.75 Å². The Morgan fingerprint density at radius 3 is 2.77 bits per heavy atom. The Hall–Kier alpha value is -2.08. The van der Waals surface area contributed by atoms with Crippen LogP contribution >= 0.6 is 0 Å². The first-order chi connectivity index (χ1) is 12.4. The summed E-state index contributed by atoms with van der Waals surface area (Å²) in [7, 11) is 2.15. The van der Waals surface area contributed by atoms with Gasteiger partial charge in [0.2, 0.25) is 0 Å². The van der Waals surface area contributed by atoms with E-state index < -0.39 is 18.1 Å². The Morgan fingerprint density at radius 2 is 2.12 bits per heavy atom. The van der Waals surface area contributed by atoms with Crippen molar-refractivity contribution >= 4 is 12.1 Å². The number of carbonyl (C=O) groups excluding carboxylic acids is 1. The molecule has 1 aliphatic heterocycles. The van der Waals surface area contributed by atoms with Crippen LogP contribution in [0, 0.1) is 0 Å². The van der Waals surface area contributed by atoms with E-state index in [2.05, 4.69) is 30.3 Å². The van der Waals surface area contributed by atoms with Crippen LogP contribution < -0.4 is 10.1 Å². The van der Waals surface area contributed by atoms with Crippen molar-refractivity contribution in [1.82, 2.24) is 10.2 Å². The van der Waals surface area contributed by atoms with E-state index in [1.165, 1.54) is 18.4 Å². The Labute approximate surface area is 155 Å². The monoisotopic (exact) mass is 362 g/mol. The predicted octanol–water partition coefficient (Wildman–Crippen LogP) is 3.40. The molecule has 26 heavy (non-hydrogen) atoms. The van der Waals surface area contributed by atoms with Gasteiger partial charge in [-0.1, -0.05) is 32.4 Å². The lowest BCUT2D eigenvalue weighted by Crippen LogP contribution is -2.41. The number of carbonyl (C=O) groups is 2. The molecule has 0 aliphatic carbocycles. The molecule has 1 aliphatic rings. The quantitative estimate of drug-likeness (QED) is 0.811. The lowest BCUT2D eigenvalue weighted by atomic mass is 9.74. The zero-order valence-corrected chi connectivity index (χ0v) is 16.0. The third-order valence-electron chi connectivity index (χ3n) is 5.35. The summed E-state index contributed by atoms with van der Waals surface area (Å²) in [6, 6.07) is 6.70. The number of rotatable bonds is 6. The van der Waals surface area contributed by atoms with Gasteiger partial charge in [-0.25, -0.2) is 9.59 Å². The molecule has 1 unspecified atom stereocenters. The van der Waals surface area contributed by atoms with Crippen LogP contribution in [-0.4, -0.2) is 48.2 Å². The summed E-state index contributed by atoms with van der Waals surface area (Å²) in [5.74, 6) is -0.621. The molecule has 0 aromatic heterocycles. The summed E-state index contributed by atoms with van der Waals surface area (Å²) in [4.78, 5) is 25.4. The lowest BCUT2D eigenvalue weighted by molar-refractivity contribution is -0.139. The number of ether oxygens (including phenoxy) is 1. The van der Waals surface area contributed by atoms with Crippen LogP contribution in [0.4, 0.5) is 4.79 Å². The van der Waals surface area contributed by atoms with E-state index in [0.29, 0.717) is 12.2 Å². The largest absolute Gasteiger partial charge is 0.480 e. The Balaban J connectivity index is 2.16. The maximum Gasteiger partial charge on any atom is 0.413 e. The van der Waals surface area contributed by atoms with E-state index in [4.69, 9.17) is 9.84 Å². The maximum atomic E-state index is 12.0. The number of hydrogen-bond acceptors (Lipinski definition) is 4. The Morgan fingerprint density at radius 1 is 1.35 bits per heavy atom. The molecule has 0 radical (unpaired) electrons. The number of benzene rings is 1. The molecule has 6 heteroatoms. The number of nitrogens with one attached hydrogen (secondary N) is 1. The molecule has 1 aromatic rings. The van der Waals surface area contributed by atoms with E-state index in [1.807, 2.05) is 12.1 Å². The van der Waals surface area contributed by atoms with Crippen LogP contribution in [0.15, 0.2) is 24.3 Å². The summed E-state index contributed by atoms with van der Waals surface area (Å²) in [6.45, 7) is 6.00. The van der Waals surface area contributed by atoms with Crippen molar-refractivity contribution in [3.8, 4) is 5.75 Å². The second-order valence-electron chi connectivity index (χ2n) is 7.19. The molecule has 2 atom stereocenters. The van der Waals surface area contributed by atoms with Crippen molar-refractivity contribution in [1.29, 1.82) is 0 Å². The first-order valence-corrected chi connectivity index (χ1v) is 9.40. The van der Waals surface area contributed by atoms with Gasteiger partial charge < -0.3 is 20.1 Å². The average Bonchev–Trinajstić information content (AvgIpc) is 2.81. The highest BCUT2D eigenvalue weighted by Crippen LogP contribution is 2.37. The van der Waals surface area contributed by atoms with Crippen molar-refractivity contribution in [2.24, 2.45) is 0 Å². The molecular formula is C20H30N2O4. The van der Waals surface area contributed by atoms with Gasteiger partial charge in [0.1, 0.15) is 11.8 Å². The van der Waals surface area contributed by atoms with Gasteiger partial charge in [-0.2, -0.15) is 0 Å². The highest BCUT2D eigenvalue weighted by Gasteiger charge is 2.33. The van der Waals surface area contributed by atoms with Crippen LogP contribution in [0.2, 0.25) is 0 Å². The second kappa shape index (κ2) is 9.03. The standard InChI is InChI=1S/C20H30N2O4/c1-4-17(18(23)24)21-19(25)26-16-10-8-9-15(13-16)20(5-2)11-6-7-12-22(3)14-20/h8-10,13,17H,4-7,11-12,14H2,1-3H3,(H,21,25)(H,23,24)/t17-,20?/m1/s1. The van der Waals surface area contributed by atoms with E-state index in [-0.39, 0.29) is 5.41 Å². The molecule has 1 amide bonds. The van der Waals surface area contributed by atoms with Crippen LogP contribution in [0.1, 0.15) is 51.5 Å². The fourth-order valence-electron chi connectivity index (χ4n) is 3.75. The maximum absolute atomic E-state index is 12.0. The van der Waals surface area contributed by atoms with Crippen LogP contribution in [0.25, 0.3) is 0 Å². The molecule has 2 rings (SSSR count). The average molecular weight is 362 g/mol. The van der Waals surface area contributed by atoms with E-state index >= 15 is 0 Å². The zero-order valence-electron chi connectivity index (χ0n) is 16.0. The van der Waals surface area contributed by atoms with Gasteiger partial charge >= 0.3 is 12.1 Å². The summed E-state index contributed by atoms with van der Waals surface area (Å²) in [5, 5.41) is 11.4. The van der Waals surface area contributed by atoms with Crippen LogP contribution in [-0.2, 0) is 10.2 Å². The van der Waals surface area contributed by atoms with Gasteiger partial charge in [0.25, 0.3) is 0 Å². The number of hydrogen-bond donors (Lipinski definition) is 2. The Bertz CT molecular complexity index is 634. The van der Waals surface area contributed by atoms with Gasteiger partial charge in [-0.3, -0.25) is 0 Å². The van der Waals surface area contributed by atoms with Crippen molar-refractivity contribution in [3.63, 3.8) is 0 Å². The second-order valence-corrected chi connectivity index (χ2v) is 7.19. The fourth-order valence-corrected chi connectivity index (χ4v) is 3.75. The van der Waals surface area contributed by atoms with Crippen LogP contribution in [0.3, 0.4) is 0 Å². The number of aliphatic carboxylic acids is 1. The minimum Gasteiger partial charge on any atom is -0.480 e. The molecular weight excluding hydrogens is 332 g/mol. The van der Waals surface area contributed by atoms with E-state index in [0.717, 1.165) is 25.9 Å². The number of carboxylic acids is 1. The molecule has 144 valence electrons. The molecule has 1 aromatic carbocycles. The van der Waals surface area contributed by atoms with Gasteiger partial charge in [0, 0.05) is 12.0 Å². The summed E-state index contributed by atoms with van der Waals surface area (Å²) >= 11 is 0. The minimum absolute atomic E-state index is 0.0497. The van der Waals surface area contributed by atoms with Crippen molar-refractivity contribution in [3.05, 3.63) is 29.8 Å². The number of carboxylic acid groups (broad SMARTS) is 1.